The number of hydrogen-bond donors (Lipinski definition) is 0. The molecule has 28 heavy (non-hydrogen) atoms. The highest BCUT2D eigenvalue weighted by molar-refractivity contribution is 5.24. The normalized spacial score (nSPS) is 11.5. The number of nitriles is 3. The third-order valence-electron chi connectivity index (χ3n) is 3.82. The molecular formula is C21H21N5O2. The van der Waals surface area contributed by atoms with Crippen molar-refractivity contribution in [1.82, 2.24) is 9.55 Å². The number of ether oxygens (including phenoxy) is 2. The van der Waals surface area contributed by atoms with Crippen molar-refractivity contribution < 1.29 is 9.47 Å². The van der Waals surface area contributed by atoms with Crippen LogP contribution < -0.4 is 10.7 Å². The van der Waals surface area contributed by atoms with Gasteiger partial charge in [0.15, 0.2) is 0 Å². The van der Waals surface area contributed by atoms with Crippen molar-refractivity contribution in [2.45, 2.75) is 32.2 Å². The molecule has 0 N–H and O–H groups in total. The Bertz CT molecular complexity index is 991. The van der Waals surface area contributed by atoms with Gasteiger partial charge in [0.2, 0.25) is 0 Å². The van der Waals surface area contributed by atoms with Gasteiger partial charge in [0.1, 0.15) is 42.3 Å². The van der Waals surface area contributed by atoms with Crippen molar-refractivity contribution in [2.24, 2.45) is 0 Å². The van der Waals surface area contributed by atoms with Crippen molar-refractivity contribution in [3.63, 3.8) is 0 Å². The molecule has 0 fully saturated rings. The first kappa shape index (κ1) is 20.6. The summed E-state index contributed by atoms with van der Waals surface area (Å²) in [6, 6.07) is 16.1. The van der Waals surface area contributed by atoms with Crippen molar-refractivity contribution in [1.29, 1.82) is 15.8 Å². The zero-order chi connectivity index (χ0) is 20.0. The summed E-state index contributed by atoms with van der Waals surface area (Å²) in [6.45, 7) is 0.998. The molecule has 2 rings (SSSR count). The number of aromatic nitrogens is 2. The van der Waals surface area contributed by atoms with Crippen LogP contribution in [0.4, 0.5) is 0 Å². The SMILES string of the molecule is N#CCCOC=c1nc(Cc2ccccc2)n(CCC#N)c1=COCCC#N. The average molecular weight is 375 g/mol. The summed E-state index contributed by atoms with van der Waals surface area (Å²) in [5, 5.41) is 27.6. The van der Waals surface area contributed by atoms with Gasteiger partial charge in [0, 0.05) is 13.0 Å². The van der Waals surface area contributed by atoms with Crippen LogP contribution in [-0.2, 0) is 22.4 Å². The molecule has 7 nitrogen and oxygen atoms in total. The molecule has 0 aliphatic carbocycles. The highest BCUT2D eigenvalue weighted by atomic mass is 16.5. The van der Waals surface area contributed by atoms with Crippen molar-refractivity contribution in [3.05, 3.63) is 52.4 Å². The summed E-state index contributed by atoms with van der Waals surface area (Å²) in [7, 11) is 0. The van der Waals surface area contributed by atoms with Gasteiger partial charge in [-0.25, -0.2) is 4.98 Å². The largest absolute Gasteiger partial charge is 0.498 e. The highest BCUT2D eigenvalue weighted by Crippen LogP contribution is 2.06. The fraction of sp³-hybridized carbons (Fsp3) is 0.333. The topological polar surface area (TPSA) is 108 Å². The summed E-state index contributed by atoms with van der Waals surface area (Å²) in [5.74, 6) is 0.784. The predicted molar refractivity (Wildman–Crippen MR) is 102 cm³/mol. The number of benzene rings is 1. The summed E-state index contributed by atoms with van der Waals surface area (Å²) >= 11 is 0. The number of imidazole rings is 1. The molecule has 0 amide bonds. The minimum absolute atomic E-state index is 0.267. The second-order valence-electron chi connectivity index (χ2n) is 5.81. The fourth-order valence-corrected chi connectivity index (χ4v) is 2.55. The molecule has 0 aliphatic rings. The molecule has 0 saturated heterocycles. The van der Waals surface area contributed by atoms with Gasteiger partial charge >= 0.3 is 0 Å². The monoisotopic (exact) mass is 375 g/mol. The second kappa shape index (κ2) is 11.8. The number of nitrogens with zero attached hydrogens (tertiary/aromatic N) is 5. The van der Waals surface area contributed by atoms with Crippen LogP contribution in [0.2, 0.25) is 0 Å². The zero-order valence-corrected chi connectivity index (χ0v) is 15.5. The molecule has 1 heterocycles. The van der Waals surface area contributed by atoms with Crippen molar-refractivity contribution >= 4 is 12.5 Å². The summed E-state index contributed by atoms with van der Waals surface area (Å²) in [6.07, 6.45) is 4.53. The molecule has 1 aromatic carbocycles. The smallest absolute Gasteiger partial charge is 0.126 e. The molecule has 2 aromatic rings. The first-order chi connectivity index (χ1) is 13.8. The maximum atomic E-state index is 9.03. The molecule has 0 unspecified atom stereocenters. The second-order valence-corrected chi connectivity index (χ2v) is 5.81. The Kier molecular flexibility index (Phi) is 8.64. The van der Waals surface area contributed by atoms with Crippen LogP contribution in [0.15, 0.2) is 30.3 Å². The van der Waals surface area contributed by atoms with Gasteiger partial charge in [-0.2, -0.15) is 15.8 Å². The first-order valence-electron chi connectivity index (χ1n) is 8.94. The summed E-state index contributed by atoms with van der Waals surface area (Å²) in [4.78, 5) is 4.67. The standard InChI is InChI=1S/C21H21N5O2/c22-9-4-12-26-20(17-28-14-6-11-24)19(16-27-13-5-10-23)25-21(26)15-18-7-2-1-3-8-18/h1-3,7-8,16-17H,4-6,12-15H2. The minimum atomic E-state index is 0.267. The van der Waals surface area contributed by atoms with Crippen LogP contribution in [0.3, 0.4) is 0 Å². The lowest BCUT2D eigenvalue weighted by Gasteiger charge is -2.06. The van der Waals surface area contributed by atoms with Crippen LogP contribution in [0, 0.1) is 34.0 Å². The first-order valence-corrected chi connectivity index (χ1v) is 8.94. The summed E-state index contributed by atoms with van der Waals surface area (Å²) in [5.41, 5.74) is 1.10. The lowest BCUT2D eigenvalue weighted by Crippen LogP contribution is -2.31. The number of hydrogen-bond acceptors (Lipinski definition) is 6. The van der Waals surface area contributed by atoms with Crippen LogP contribution in [-0.4, -0.2) is 22.8 Å². The van der Waals surface area contributed by atoms with E-state index in [0.717, 1.165) is 11.4 Å². The third kappa shape index (κ3) is 6.20. The van der Waals surface area contributed by atoms with E-state index in [1.165, 1.54) is 6.26 Å². The maximum absolute atomic E-state index is 9.03. The van der Waals surface area contributed by atoms with E-state index in [1.807, 2.05) is 47.0 Å². The van der Waals surface area contributed by atoms with Gasteiger partial charge in [-0.1, -0.05) is 30.3 Å². The average Bonchev–Trinajstić information content (AvgIpc) is 3.04. The van der Waals surface area contributed by atoms with Crippen LogP contribution in [0.25, 0.3) is 12.5 Å². The number of rotatable bonds is 10. The Morgan fingerprint density at radius 1 is 0.893 bits per heavy atom. The quantitative estimate of drug-likeness (QED) is 0.585. The zero-order valence-electron chi connectivity index (χ0n) is 15.5. The Labute approximate surface area is 164 Å². The van der Waals surface area contributed by atoms with E-state index in [4.69, 9.17) is 25.3 Å². The van der Waals surface area contributed by atoms with Gasteiger partial charge in [-0.15, -0.1) is 0 Å². The van der Waals surface area contributed by atoms with E-state index in [2.05, 4.69) is 11.1 Å². The molecule has 0 saturated carbocycles. The minimum Gasteiger partial charge on any atom is -0.498 e. The van der Waals surface area contributed by atoms with Crippen LogP contribution >= 0.6 is 0 Å². The van der Waals surface area contributed by atoms with E-state index in [9.17, 15) is 0 Å². The van der Waals surface area contributed by atoms with Gasteiger partial charge in [0.25, 0.3) is 0 Å². The molecule has 0 spiro atoms. The molecule has 142 valence electrons. The summed E-state index contributed by atoms with van der Waals surface area (Å²) < 4.78 is 12.9. The van der Waals surface area contributed by atoms with Crippen LogP contribution in [0.1, 0.15) is 30.7 Å². The Morgan fingerprint density at radius 2 is 1.54 bits per heavy atom. The third-order valence-corrected chi connectivity index (χ3v) is 3.82. The van der Waals surface area contributed by atoms with E-state index in [-0.39, 0.29) is 26.1 Å². The molecule has 0 radical (unpaired) electrons. The molecular weight excluding hydrogens is 354 g/mol. The van der Waals surface area contributed by atoms with Gasteiger partial charge in [0.05, 0.1) is 37.5 Å². The molecule has 0 bridgehead atoms. The molecule has 7 heteroatoms. The van der Waals surface area contributed by atoms with Crippen LogP contribution in [0.5, 0.6) is 0 Å². The van der Waals surface area contributed by atoms with Gasteiger partial charge < -0.3 is 14.0 Å². The maximum Gasteiger partial charge on any atom is 0.126 e. The Hall–Kier alpha value is -3.76. The van der Waals surface area contributed by atoms with E-state index >= 15 is 0 Å². The van der Waals surface area contributed by atoms with E-state index < -0.39 is 0 Å². The van der Waals surface area contributed by atoms with E-state index in [0.29, 0.717) is 30.1 Å². The predicted octanol–water partition coefficient (Wildman–Crippen LogP) is 1.72. The Morgan fingerprint density at radius 3 is 2.18 bits per heavy atom. The lowest BCUT2D eigenvalue weighted by atomic mass is 10.1. The van der Waals surface area contributed by atoms with Crippen molar-refractivity contribution in [2.75, 3.05) is 13.2 Å². The lowest BCUT2D eigenvalue weighted by molar-refractivity contribution is 0.297. The van der Waals surface area contributed by atoms with Crippen molar-refractivity contribution in [3.8, 4) is 18.2 Å². The molecule has 1 aromatic heterocycles. The molecule has 0 atom stereocenters. The van der Waals surface area contributed by atoms with Gasteiger partial charge in [-0.3, -0.25) is 0 Å². The van der Waals surface area contributed by atoms with Gasteiger partial charge in [-0.05, 0) is 5.56 Å². The molecule has 0 aliphatic heterocycles. The fourth-order valence-electron chi connectivity index (χ4n) is 2.55. The Balaban J connectivity index is 2.44. The highest BCUT2D eigenvalue weighted by Gasteiger charge is 2.10. The van der Waals surface area contributed by atoms with E-state index in [1.54, 1.807) is 6.26 Å².